The van der Waals surface area contributed by atoms with E-state index in [1.807, 2.05) is 0 Å². The van der Waals surface area contributed by atoms with Crippen LogP contribution in [0.2, 0.25) is 0 Å². The van der Waals surface area contributed by atoms with Crippen molar-refractivity contribution < 1.29 is 0 Å². The Morgan fingerprint density at radius 2 is 2.12 bits per heavy atom. The Kier molecular flexibility index (Phi) is 3.20. The lowest BCUT2D eigenvalue weighted by atomic mass is 10.1. The van der Waals surface area contributed by atoms with Gasteiger partial charge in [0.05, 0.1) is 0 Å². The van der Waals surface area contributed by atoms with E-state index in [0.717, 1.165) is 18.2 Å². The predicted octanol–water partition coefficient (Wildman–Crippen LogP) is 2.81. The van der Waals surface area contributed by atoms with Crippen molar-refractivity contribution in [2.24, 2.45) is 5.92 Å². The van der Waals surface area contributed by atoms with Crippen LogP contribution in [-0.4, -0.2) is 18.0 Å². The summed E-state index contributed by atoms with van der Waals surface area (Å²) < 4.78 is 0. The number of nitrogens with zero attached hydrogens (tertiary/aromatic N) is 1. The summed E-state index contributed by atoms with van der Waals surface area (Å²) in [4.78, 5) is 2.43. The second-order valence-corrected chi connectivity index (χ2v) is 5.18. The monoisotopic (exact) mass is 218 g/mol. The maximum atomic E-state index is 5.93. The summed E-state index contributed by atoms with van der Waals surface area (Å²) in [5, 5.41) is 0. The van der Waals surface area contributed by atoms with Crippen LogP contribution in [0.1, 0.15) is 30.9 Å². The van der Waals surface area contributed by atoms with Gasteiger partial charge < -0.3 is 5.73 Å². The molecule has 0 saturated heterocycles. The zero-order valence-corrected chi connectivity index (χ0v) is 10.5. The third-order valence-electron chi connectivity index (χ3n) is 3.78. The zero-order valence-electron chi connectivity index (χ0n) is 10.5. The molecule has 1 saturated carbocycles. The highest BCUT2D eigenvalue weighted by molar-refractivity contribution is 5.48. The van der Waals surface area contributed by atoms with E-state index >= 15 is 0 Å². The first-order valence-corrected chi connectivity index (χ1v) is 6.13. The van der Waals surface area contributed by atoms with Crippen LogP contribution in [0.4, 0.5) is 5.69 Å². The maximum absolute atomic E-state index is 5.93. The van der Waals surface area contributed by atoms with Gasteiger partial charge in [-0.25, -0.2) is 0 Å². The molecule has 1 unspecified atom stereocenters. The number of benzene rings is 1. The Hall–Kier alpha value is -1.02. The molecule has 2 heteroatoms. The van der Waals surface area contributed by atoms with Crippen molar-refractivity contribution in [1.29, 1.82) is 0 Å². The summed E-state index contributed by atoms with van der Waals surface area (Å²) in [6.07, 6.45) is 2.81. The van der Waals surface area contributed by atoms with Gasteiger partial charge in [-0.15, -0.1) is 0 Å². The van der Waals surface area contributed by atoms with E-state index in [-0.39, 0.29) is 0 Å². The molecule has 0 spiro atoms. The minimum absolute atomic E-state index is 0.697. The molecule has 1 aromatic rings. The molecule has 0 radical (unpaired) electrons. The van der Waals surface area contributed by atoms with Gasteiger partial charge in [-0.2, -0.15) is 0 Å². The lowest BCUT2D eigenvalue weighted by Crippen LogP contribution is -2.30. The Labute approximate surface area is 98.4 Å². The van der Waals surface area contributed by atoms with Gasteiger partial charge in [-0.1, -0.05) is 12.1 Å². The van der Waals surface area contributed by atoms with Crippen molar-refractivity contribution >= 4 is 5.69 Å². The standard InChI is InChI=1S/C14H22N2/c1-10-4-5-12(8-14(10)15)9-16(3)11(2)13-6-7-13/h4-5,8,11,13H,6-7,9,15H2,1-3H3. The highest BCUT2D eigenvalue weighted by atomic mass is 15.1. The minimum Gasteiger partial charge on any atom is -0.399 e. The van der Waals surface area contributed by atoms with Crippen molar-refractivity contribution in [2.75, 3.05) is 12.8 Å². The summed E-state index contributed by atoms with van der Waals surface area (Å²) in [7, 11) is 2.21. The first kappa shape index (κ1) is 11.5. The first-order valence-electron chi connectivity index (χ1n) is 6.13. The minimum atomic E-state index is 0.697. The molecule has 0 aromatic heterocycles. The van der Waals surface area contributed by atoms with Crippen molar-refractivity contribution in [3.05, 3.63) is 29.3 Å². The highest BCUT2D eigenvalue weighted by Crippen LogP contribution is 2.35. The van der Waals surface area contributed by atoms with Gasteiger partial charge in [0.25, 0.3) is 0 Å². The summed E-state index contributed by atoms with van der Waals surface area (Å²) >= 11 is 0. The number of nitrogen functional groups attached to an aromatic ring is 1. The fraction of sp³-hybridized carbons (Fsp3) is 0.571. The molecule has 0 aliphatic heterocycles. The van der Waals surface area contributed by atoms with Crippen LogP contribution < -0.4 is 5.73 Å². The summed E-state index contributed by atoms with van der Waals surface area (Å²) in [6, 6.07) is 7.09. The van der Waals surface area contributed by atoms with E-state index in [4.69, 9.17) is 5.73 Å². The number of nitrogens with two attached hydrogens (primary N) is 1. The average molecular weight is 218 g/mol. The van der Waals surface area contributed by atoms with Gasteiger partial charge in [-0.05, 0) is 56.8 Å². The third-order valence-corrected chi connectivity index (χ3v) is 3.78. The van der Waals surface area contributed by atoms with Crippen LogP contribution in [0.5, 0.6) is 0 Å². The number of rotatable bonds is 4. The van der Waals surface area contributed by atoms with Crippen molar-refractivity contribution in [3.63, 3.8) is 0 Å². The van der Waals surface area contributed by atoms with Crippen LogP contribution in [0, 0.1) is 12.8 Å². The molecule has 0 bridgehead atoms. The van der Waals surface area contributed by atoms with Crippen LogP contribution >= 0.6 is 0 Å². The highest BCUT2D eigenvalue weighted by Gasteiger charge is 2.30. The quantitative estimate of drug-likeness (QED) is 0.787. The second kappa shape index (κ2) is 4.46. The van der Waals surface area contributed by atoms with E-state index < -0.39 is 0 Å². The van der Waals surface area contributed by atoms with Gasteiger partial charge in [-0.3, -0.25) is 4.90 Å². The topological polar surface area (TPSA) is 29.3 Å². The maximum Gasteiger partial charge on any atom is 0.0346 e. The molecule has 1 aliphatic rings. The molecule has 1 atom stereocenters. The SMILES string of the molecule is Cc1ccc(CN(C)C(C)C2CC2)cc1N. The van der Waals surface area contributed by atoms with E-state index in [1.165, 1.54) is 24.0 Å². The fourth-order valence-electron chi connectivity index (χ4n) is 2.16. The van der Waals surface area contributed by atoms with E-state index in [1.54, 1.807) is 0 Å². The zero-order chi connectivity index (χ0) is 11.7. The molecule has 2 nitrogen and oxygen atoms in total. The van der Waals surface area contributed by atoms with Crippen LogP contribution in [0.15, 0.2) is 18.2 Å². The van der Waals surface area contributed by atoms with Crippen LogP contribution in [0.3, 0.4) is 0 Å². The van der Waals surface area contributed by atoms with Crippen molar-refractivity contribution in [1.82, 2.24) is 4.90 Å². The summed E-state index contributed by atoms with van der Waals surface area (Å²) in [5.41, 5.74) is 9.32. The molecular weight excluding hydrogens is 196 g/mol. The molecule has 1 aromatic carbocycles. The lowest BCUT2D eigenvalue weighted by Gasteiger charge is -2.24. The molecular formula is C14H22N2. The number of anilines is 1. The normalized spacial score (nSPS) is 17.8. The number of aryl methyl sites for hydroxylation is 1. The van der Waals surface area contributed by atoms with Crippen LogP contribution in [0.25, 0.3) is 0 Å². The van der Waals surface area contributed by atoms with E-state index in [2.05, 4.69) is 44.0 Å². The molecule has 88 valence electrons. The van der Waals surface area contributed by atoms with Gasteiger partial charge in [0.15, 0.2) is 0 Å². The summed E-state index contributed by atoms with van der Waals surface area (Å²) in [6.45, 7) is 5.38. The van der Waals surface area contributed by atoms with Crippen LogP contribution in [-0.2, 0) is 6.54 Å². The van der Waals surface area contributed by atoms with Gasteiger partial charge in [0.1, 0.15) is 0 Å². The lowest BCUT2D eigenvalue weighted by molar-refractivity contribution is 0.226. The Morgan fingerprint density at radius 1 is 1.44 bits per heavy atom. The van der Waals surface area contributed by atoms with Crippen molar-refractivity contribution in [2.45, 2.75) is 39.3 Å². The molecule has 0 heterocycles. The van der Waals surface area contributed by atoms with Crippen molar-refractivity contribution in [3.8, 4) is 0 Å². The molecule has 1 fully saturated rings. The third kappa shape index (κ3) is 2.56. The Bertz CT molecular complexity index is 369. The molecule has 1 aliphatic carbocycles. The fourth-order valence-corrected chi connectivity index (χ4v) is 2.16. The van der Waals surface area contributed by atoms with E-state index in [9.17, 15) is 0 Å². The van der Waals surface area contributed by atoms with Gasteiger partial charge >= 0.3 is 0 Å². The molecule has 2 rings (SSSR count). The largest absolute Gasteiger partial charge is 0.399 e. The van der Waals surface area contributed by atoms with E-state index in [0.29, 0.717) is 6.04 Å². The predicted molar refractivity (Wildman–Crippen MR) is 69.2 cm³/mol. The Balaban J connectivity index is 1.99. The molecule has 16 heavy (non-hydrogen) atoms. The molecule has 2 N–H and O–H groups in total. The number of hydrogen-bond acceptors (Lipinski definition) is 2. The molecule has 0 amide bonds. The second-order valence-electron chi connectivity index (χ2n) is 5.18. The average Bonchev–Trinajstić information content (AvgIpc) is 3.06. The number of hydrogen-bond donors (Lipinski definition) is 1. The Morgan fingerprint density at radius 3 is 2.69 bits per heavy atom. The van der Waals surface area contributed by atoms with Gasteiger partial charge in [0, 0.05) is 18.3 Å². The summed E-state index contributed by atoms with van der Waals surface area (Å²) in [5.74, 6) is 0.924. The smallest absolute Gasteiger partial charge is 0.0346 e. The first-order chi connectivity index (χ1) is 7.58. The van der Waals surface area contributed by atoms with Gasteiger partial charge in [0.2, 0.25) is 0 Å².